The standard InChI is InChI=1S/C15H28N4O2.2ClH/c1-3-18-6-4-5-13(18)10-19-9-12(7-14(19)20)15(21)17-11(2)8-16;;/h11-13H,3-10,16H2,1-2H3,(H,17,21);2*1H/t11-,12?,13?;;/m0../s1. The number of rotatable bonds is 6. The number of amides is 2. The van der Waals surface area contributed by atoms with Crippen LogP contribution in [0.1, 0.15) is 33.1 Å². The average molecular weight is 369 g/mol. The smallest absolute Gasteiger partial charge is 0.225 e. The van der Waals surface area contributed by atoms with Crippen molar-refractivity contribution >= 4 is 36.6 Å². The molecule has 8 heteroatoms. The summed E-state index contributed by atoms with van der Waals surface area (Å²) < 4.78 is 0. The highest BCUT2D eigenvalue weighted by molar-refractivity contribution is 5.89. The Bertz CT molecular complexity index is 398. The van der Waals surface area contributed by atoms with E-state index in [1.54, 1.807) is 0 Å². The van der Waals surface area contributed by atoms with Crippen LogP contribution in [0, 0.1) is 5.92 Å². The fraction of sp³-hybridized carbons (Fsp3) is 0.867. The van der Waals surface area contributed by atoms with Crippen LogP contribution >= 0.6 is 24.8 Å². The van der Waals surface area contributed by atoms with Gasteiger partial charge < -0.3 is 16.0 Å². The van der Waals surface area contributed by atoms with Crippen molar-refractivity contribution in [2.75, 3.05) is 32.7 Å². The molecule has 0 saturated carbocycles. The van der Waals surface area contributed by atoms with Gasteiger partial charge in [0, 0.05) is 38.1 Å². The largest absolute Gasteiger partial charge is 0.352 e. The maximum Gasteiger partial charge on any atom is 0.225 e. The highest BCUT2D eigenvalue weighted by Gasteiger charge is 2.37. The van der Waals surface area contributed by atoms with E-state index in [2.05, 4.69) is 17.1 Å². The lowest BCUT2D eigenvalue weighted by Gasteiger charge is -2.27. The average Bonchev–Trinajstić information content (AvgIpc) is 3.06. The first-order chi connectivity index (χ1) is 10.0. The zero-order valence-corrected chi connectivity index (χ0v) is 15.6. The molecule has 2 fully saturated rings. The summed E-state index contributed by atoms with van der Waals surface area (Å²) in [6.45, 7) is 7.94. The first-order valence-electron chi connectivity index (χ1n) is 8.07. The number of nitrogens with zero attached hydrogens (tertiary/aromatic N) is 2. The van der Waals surface area contributed by atoms with Crippen LogP contribution in [-0.2, 0) is 9.59 Å². The van der Waals surface area contributed by atoms with E-state index in [0.29, 0.717) is 25.6 Å². The molecule has 0 aliphatic carbocycles. The molecule has 2 heterocycles. The van der Waals surface area contributed by atoms with Crippen molar-refractivity contribution in [1.29, 1.82) is 0 Å². The second-order valence-electron chi connectivity index (χ2n) is 6.27. The number of carbonyl (C=O) groups is 2. The maximum atomic E-state index is 12.1. The van der Waals surface area contributed by atoms with E-state index in [1.165, 1.54) is 6.42 Å². The van der Waals surface area contributed by atoms with Gasteiger partial charge in [-0.3, -0.25) is 14.5 Å². The Labute approximate surface area is 151 Å². The lowest BCUT2D eigenvalue weighted by molar-refractivity contribution is -0.129. The van der Waals surface area contributed by atoms with Gasteiger partial charge in [-0.15, -0.1) is 24.8 Å². The van der Waals surface area contributed by atoms with Gasteiger partial charge in [0.25, 0.3) is 0 Å². The Balaban J connectivity index is 0.00000242. The van der Waals surface area contributed by atoms with Crippen molar-refractivity contribution < 1.29 is 9.59 Å². The van der Waals surface area contributed by atoms with E-state index < -0.39 is 0 Å². The SMILES string of the molecule is CCN1CCCC1CN1CC(C(=O)N[C@@H](C)CN)CC1=O.Cl.Cl. The summed E-state index contributed by atoms with van der Waals surface area (Å²) in [7, 11) is 0. The van der Waals surface area contributed by atoms with Crippen LogP contribution in [0.4, 0.5) is 0 Å². The van der Waals surface area contributed by atoms with Crippen molar-refractivity contribution in [3.63, 3.8) is 0 Å². The third-order valence-electron chi connectivity index (χ3n) is 4.66. The molecule has 136 valence electrons. The minimum atomic E-state index is -0.219. The number of halogens is 2. The lowest BCUT2D eigenvalue weighted by Crippen LogP contribution is -2.43. The van der Waals surface area contributed by atoms with Gasteiger partial charge in [0.1, 0.15) is 0 Å². The van der Waals surface area contributed by atoms with Gasteiger partial charge in [0.2, 0.25) is 11.8 Å². The summed E-state index contributed by atoms with van der Waals surface area (Å²) >= 11 is 0. The molecule has 3 atom stereocenters. The van der Waals surface area contributed by atoms with E-state index in [4.69, 9.17) is 5.73 Å². The molecule has 0 radical (unpaired) electrons. The normalized spacial score (nSPS) is 25.7. The van der Waals surface area contributed by atoms with E-state index in [0.717, 1.165) is 26.1 Å². The molecule has 2 aliphatic heterocycles. The van der Waals surface area contributed by atoms with Crippen LogP contribution in [0.5, 0.6) is 0 Å². The maximum absolute atomic E-state index is 12.1. The van der Waals surface area contributed by atoms with Gasteiger partial charge in [-0.05, 0) is 32.9 Å². The summed E-state index contributed by atoms with van der Waals surface area (Å²) in [6, 6.07) is 0.427. The molecule has 2 rings (SSSR count). The zero-order valence-electron chi connectivity index (χ0n) is 14.0. The predicted octanol–water partition coefficient (Wildman–Crippen LogP) is 0.626. The molecule has 3 N–H and O–H groups in total. The summed E-state index contributed by atoms with van der Waals surface area (Å²) in [6.07, 6.45) is 2.69. The van der Waals surface area contributed by atoms with Crippen LogP contribution < -0.4 is 11.1 Å². The molecule has 2 unspecified atom stereocenters. The number of nitrogens with two attached hydrogens (primary N) is 1. The first kappa shape index (κ1) is 22.4. The summed E-state index contributed by atoms with van der Waals surface area (Å²) in [5, 5.41) is 2.87. The molecule has 0 aromatic rings. The topological polar surface area (TPSA) is 78.7 Å². The molecule has 0 bridgehead atoms. The molecule has 2 aliphatic rings. The fourth-order valence-electron chi connectivity index (χ4n) is 3.32. The second kappa shape index (κ2) is 10.3. The minimum absolute atomic E-state index is 0. The summed E-state index contributed by atoms with van der Waals surface area (Å²) in [5.41, 5.74) is 5.52. The van der Waals surface area contributed by atoms with E-state index in [9.17, 15) is 9.59 Å². The van der Waals surface area contributed by atoms with E-state index in [1.807, 2.05) is 11.8 Å². The minimum Gasteiger partial charge on any atom is -0.352 e. The van der Waals surface area contributed by atoms with Gasteiger partial charge in [-0.1, -0.05) is 6.92 Å². The molecule has 0 aromatic heterocycles. The Morgan fingerprint density at radius 2 is 2.13 bits per heavy atom. The third kappa shape index (κ3) is 5.78. The second-order valence-corrected chi connectivity index (χ2v) is 6.27. The van der Waals surface area contributed by atoms with Crippen LogP contribution in [0.25, 0.3) is 0 Å². The molecular weight excluding hydrogens is 339 g/mol. The van der Waals surface area contributed by atoms with E-state index in [-0.39, 0.29) is 48.6 Å². The number of hydrogen-bond acceptors (Lipinski definition) is 4. The summed E-state index contributed by atoms with van der Waals surface area (Å²) in [5.74, 6) is -0.149. The van der Waals surface area contributed by atoms with E-state index >= 15 is 0 Å². The Morgan fingerprint density at radius 1 is 1.43 bits per heavy atom. The van der Waals surface area contributed by atoms with Crippen LogP contribution in [-0.4, -0.2) is 66.4 Å². The van der Waals surface area contributed by atoms with Crippen LogP contribution in [0.2, 0.25) is 0 Å². The van der Waals surface area contributed by atoms with Gasteiger partial charge in [-0.2, -0.15) is 0 Å². The molecule has 0 spiro atoms. The van der Waals surface area contributed by atoms with Gasteiger partial charge in [0.15, 0.2) is 0 Å². The predicted molar refractivity (Wildman–Crippen MR) is 96.1 cm³/mol. The molecule has 6 nitrogen and oxygen atoms in total. The van der Waals surface area contributed by atoms with Gasteiger partial charge in [-0.25, -0.2) is 0 Å². The third-order valence-corrected chi connectivity index (χ3v) is 4.66. The number of nitrogens with one attached hydrogen (secondary N) is 1. The van der Waals surface area contributed by atoms with Gasteiger partial charge in [0.05, 0.1) is 5.92 Å². The Kier molecular flexibility index (Phi) is 10.1. The number of likely N-dealkylation sites (tertiary alicyclic amines) is 2. The van der Waals surface area contributed by atoms with Gasteiger partial charge >= 0.3 is 0 Å². The quantitative estimate of drug-likeness (QED) is 0.720. The fourth-order valence-corrected chi connectivity index (χ4v) is 3.32. The highest BCUT2D eigenvalue weighted by atomic mass is 35.5. The zero-order chi connectivity index (χ0) is 15.4. The van der Waals surface area contributed by atoms with Crippen LogP contribution in [0.3, 0.4) is 0 Å². The molecule has 23 heavy (non-hydrogen) atoms. The number of carbonyl (C=O) groups excluding carboxylic acids is 2. The lowest BCUT2D eigenvalue weighted by atomic mass is 10.1. The highest BCUT2D eigenvalue weighted by Crippen LogP contribution is 2.23. The number of hydrogen-bond donors (Lipinski definition) is 2. The molecule has 0 aromatic carbocycles. The van der Waals surface area contributed by atoms with Crippen molar-refractivity contribution in [3.05, 3.63) is 0 Å². The monoisotopic (exact) mass is 368 g/mol. The molecule has 2 amide bonds. The van der Waals surface area contributed by atoms with Crippen molar-refractivity contribution in [2.24, 2.45) is 11.7 Å². The Morgan fingerprint density at radius 3 is 2.74 bits per heavy atom. The molecule has 2 saturated heterocycles. The first-order valence-corrected chi connectivity index (χ1v) is 8.07. The van der Waals surface area contributed by atoms with Crippen molar-refractivity contribution in [1.82, 2.24) is 15.1 Å². The number of likely N-dealkylation sites (N-methyl/N-ethyl adjacent to an activating group) is 1. The Hall–Kier alpha value is -0.560. The molecular formula is C15H30Cl2N4O2. The summed E-state index contributed by atoms with van der Waals surface area (Å²) in [4.78, 5) is 28.5. The van der Waals surface area contributed by atoms with Crippen molar-refractivity contribution in [2.45, 2.75) is 45.2 Å². The van der Waals surface area contributed by atoms with Crippen LogP contribution in [0.15, 0.2) is 0 Å². The van der Waals surface area contributed by atoms with Crippen molar-refractivity contribution in [3.8, 4) is 0 Å².